The number of rotatable bonds is 8. The first-order chi connectivity index (χ1) is 17.9. The highest BCUT2D eigenvalue weighted by Gasteiger charge is 2.45. The molecule has 4 aromatic rings. The van der Waals surface area contributed by atoms with Crippen LogP contribution in [0.2, 0.25) is 0 Å². The summed E-state index contributed by atoms with van der Waals surface area (Å²) in [5.74, 6) is -1.77. The SMILES string of the molecule is Cc1cc(C)n(-c2ccccc2C(Oc2cc(-c3ccc(C[C@H](N)C(=O)O)cc3)nc(N)n2)C(F)(F)F)n1. The average molecular weight is 527 g/mol. The van der Waals surface area contributed by atoms with Gasteiger partial charge >= 0.3 is 12.1 Å². The van der Waals surface area contributed by atoms with E-state index in [1.807, 2.05) is 0 Å². The van der Waals surface area contributed by atoms with Crippen molar-refractivity contribution in [1.29, 1.82) is 0 Å². The summed E-state index contributed by atoms with van der Waals surface area (Å²) in [4.78, 5) is 19.0. The predicted octanol–water partition coefficient (Wildman–Crippen LogP) is 4.17. The number of benzene rings is 2. The zero-order valence-corrected chi connectivity index (χ0v) is 20.5. The fraction of sp³-hybridized carbons (Fsp3) is 0.231. The Bertz CT molecular complexity index is 1450. The maximum absolute atomic E-state index is 14.3. The molecule has 2 aromatic heterocycles. The zero-order chi connectivity index (χ0) is 27.6. The summed E-state index contributed by atoms with van der Waals surface area (Å²) in [5, 5.41) is 13.3. The van der Waals surface area contributed by atoms with Crippen molar-refractivity contribution in [3.63, 3.8) is 0 Å². The van der Waals surface area contributed by atoms with Crippen LogP contribution >= 0.6 is 0 Å². The minimum atomic E-state index is -4.80. The second-order valence-corrected chi connectivity index (χ2v) is 8.73. The van der Waals surface area contributed by atoms with Gasteiger partial charge in [0.2, 0.25) is 17.9 Å². The van der Waals surface area contributed by atoms with Gasteiger partial charge in [0.15, 0.2) is 0 Å². The number of ether oxygens (including phenoxy) is 1. The summed E-state index contributed by atoms with van der Waals surface area (Å²) < 4.78 is 49.9. The molecule has 0 radical (unpaired) electrons. The third-order valence-electron chi connectivity index (χ3n) is 5.74. The van der Waals surface area contributed by atoms with Crippen LogP contribution in [-0.4, -0.2) is 43.0 Å². The second kappa shape index (κ2) is 10.5. The van der Waals surface area contributed by atoms with Gasteiger partial charge in [0.25, 0.3) is 0 Å². The highest BCUT2D eigenvalue weighted by molar-refractivity contribution is 5.73. The highest BCUT2D eigenvalue weighted by atomic mass is 19.4. The van der Waals surface area contributed by atoms with E-state index in [2.05, 4.69) is 15.1 Å². The topological polar surface area (TPSA) is 142 Å². The first kappa shape index (κ1) is 26.6. The van der Waals surface area contributed by atoms with Crippen LogP contribution in [0.4, 0.5) is 19.1 Å². The highest BCUT2D eigenvalue weighted by Crippen LogP contribution is 2.39. The number of aryl methyl sites for hydroxylation is 2. The van der Waals surface area contributed by atoms with E-state index in [0.717, 1.165) is 0 Å². The van der Waals surface area contributed by atoms with Gasteiger partial charge in [-0.1, -0.05) is 42.5 Å². The Morgan fingerprint density at radius 1 is 1.08 bits per heavy atom. The minimum Gasteiger partial charge on any atom is -0.480 e. The number of aliphatic carboxylic acids is 1. The lowest BCUT2D eigenvalue weighted by Crippen LogP contribution is -2.32. The van der Waals surface area contributed by atoms with E-state index in [4.69, 9.17) is 21.3 Å². The Morgan fingerprint density at radius 2 is 1.76 bits per heavy atom. The van der Waals surface area contributed by atoms with Crippen LogP contribution in [0.5, 0.6) is 5.88 Å². The Labute approximate surface area is 215 Å². The molecule has 2 heterocycles. The lowest BCUT2D eigenvalue weighted by atomic mass is 10.0. The van der Waals surface area contributed by atoms with E-state index < -0.39 is 24.3 Å². The van der Waals surface area contributed by atoms with Crippen molar-refractivity contribution in [2.75, 3.05) is 5.73 Å². The molecule has 4 rings (SSSR count). The number of halogens is 3. The van der Waals surface area contributed by atoms with E-state index >= 15 is 0 Å². The Kier molecular flexibility index (Phi) is 7.35. The Balaban J connectivity index is 1.68. The minimum absolute atomic E-state index is 0.109. The van der Waals surface area contributed by atoms with Crippen molar-refractivity contribution >= 4 is 11.9 Å². The van der Waals surface area contributed by atoms with Crippen LogP contribution in [0.25, 0.3) is 16.9 Å². The molecule has 0 amide bonds. The van der Waals surface area contributed by atoms with Gasteiger partial charge in [0, 0.05) is 22.9 Å². The van der Waals surface area contributed by atoms with Gasteiger partial charge in [-0.25, -0.2) is 9.67 Å². The molecule has 198 valence electrons. The molecule has 0 saturated carbocycles. The molecule has 0 fully saturated rings. The smallest absolute Gasteiger partial charge is 0.429 e. The number of anilines is 1. The standard InChI is InChI=1S/C26H25F3N6O3/c1-14-11-15(2)35(34-14)21-6-4-3-5-18(21)23(26(27,28)29)38-22-13-20(32-25(31)33-22)17-9-7-16(8-10-17)12-19(30)24(36)37/h3-11,13,19,23H,12,30H2,1-2H3,(H,36,37)(H2,31,32,33)/t19-,23?/m0/s1. The molecule has 9 nitrogen and oxygen atoms in total. The maximum Gasteiger partial charge on any atom is 0.429 e. The summed E-state index contributed by atoms with van der Waals surface area (Å²) in [6, 6.07) is 14.5. The fourth-order valence-electron chi connectivity index (χ4n) is 4.01. The normalized spacial score (nSPS) is 13.2. The summed E-state index contributed by atoms with van der Waals surface area (Å²) in [5.41, 5.74) is 14.2. The second-order valence-electron chi connectivity index (χ2n) is 8.73. The van der Waals surface area contributed by atoms with Crippen LogP contribution < -0.4 is 16.2 Å². The number of nitrogens with zero attached hydrogens (tertiary/aromatic N) is 4. The number of aromatic nitrogens is 4. The van der Waals surface area contributed by atoms with Gasteiger partial charge < -0.3 is 21.3 Å². The quantitative estimate of drug-likeness (QED) is 0.311. The third-order valence-corrected chi connectivity index (χ3v) is 5.74. The summed E-state index contributed by atoms with van der Waals surface area (Å²) in [6.07, 6.45) is -7.06. The molecule has 1 unspecified atom stereocenters. The Morgan fingerprint density at radius 3 is 2.37 bits per heavy atom. The number of carbonyl (C=O) groups is 1. The summed E-state index contributed by atoms with van der Waals surface area (Å²) in [7, 11) is 0. The molecule has 5 N–H and O–H groups in total. The molecule has 0 aliphatic rings. The Hall–Kier alpha value is -4.45. The van der Waals surface area contributed by atoms with E-state index in [1.54, 1.807) is 50.2 Å². The number of alkyl halides is 3. The van der Waals surface area contributed by atoms with Gasteiger partial charge in [0.1, 0.15) is 6.04 Å². The lowest BCUT2D eigenvalue weighted by Gasteiger charge is -2.24. The van der Waals surface area contributed by atoms with Crippen LogP contribution in [0, 0.1) is 13.8 Å². The average Bonchev–Trinajstić information content (AvgIpc) is 3.19. The first-order valence-electron chi connectivity index (χ1n) is 11.5. The van der Waals surface area contributed by atoms with Gasteiger partial charge in [-0.05, 0) is 38.0 Å². The number of para-hydroxylation sites is 1. The summed E-state index contributed by atoms with van der Waals surface area (Å²) in [6.45, 7) is 3.50. The van der Waals surface area contributed by atoms with E-state index in [1.165, 1.54) is 28.9 Å². The van der Waals surface area contributed by atoms with E-state index in [9.17, 15) is 18.0 Å². The fourth-order valence-corrected chi connectivity index (χ4v) is 4.01. The molecule has 0 aliphatic heterocycles. The van der Waals surface area contributed by atoms with Crippen molar-refractivity contribution in [2.45, 2.75) is 38.6 Å². The molecular weight excluding hydrogens is 501 g/mol. The van der Waals surface area contributed by atoms with E-state index in [0.29, 0.717) is 22.5 Å². The van der Waals surface area contributed by atoms with Gasteiger partial charge in [-0.15, -0.1) is 0 Å². The van der Waals surface area contributed by atoms with Crippen LogP contribution in [0.3, 0.4) is 0 Å². The molecule has 0 aliphatic carbocycles. The van der Waals surface area contributed by atoms with E-state index in [-0.39, 0.29) is 35.2 Å². The van der Waals surface area contributed by atoms with Gasteiger partial charge in [0.05, 0.1) is 17.1 Å². The van der Waals surface area contributed by atoms with Crippen LogP contribution in [0.1, 0.15) is 28.6 Å². The van der Waals surface area contributed by atoms with Crippen LogP contribution in [-0.2, 0) is 11.2 Å². The first-order valence-corrected chi connectivity index (χ1v) is 11.5. The van der Waals surface area contributed by atoms with Crippen molar-refractivity contribution in [3.05, 3.63) is 83.2 Å². The van der Waals surface area contributed by atoms with Crippen molar-refractivity contribution in [3.8, 4) is 22.8 Å². The molecule has 2 aromatic carbocycles. The number of nitrogen functional groups attached to an aromatic ring is 1. The molecule has 0 saturated heterocycles. The summed E-state index contributed by atoms with van der Waals surface area (Å²) >= 11 is 0. The maximum atomic E-state index is 14.3. The number of carboxylic acid groups (broad SMARTS) is 1. The predicted molar refractivity (Wildman–Crippen MR) is 134 cm³/mol. The molecule has 38 heavy (non-hydrogen) atoms. The van der Waals surface area contributed by atoms with Crippen LogP contribution in [0.15, 0.2) is 60.7 Å². The number of hydrogen-bond acceptors (Lipinski definition) is 7. The van der Waals surface area contributed by atoms with Crippen molar-refractivity contribution < 1.29 is 27.8 Å². The monoisotopic (exact) mass is 526 g/mol. The molecule has 12 heteroatoms. The largest absolute Gasteiger partial charge is 0.480 e. The van der Waals surface area contributed by atoms with Crippen molar-refractivity contribution in [2.24, 2.45) is 5.73 Å². The van der Waals surface area contributed by atoms with Gasteiger partial charge in [-0.2, -0.15) is 23.3 Å². The molecule has 2 atom stereocenters. The zero-order valence-electron chi connectivity index (χ0n) is 20.5. The molecule has 0 spiro atoms. The molecule has 0 bridgehead atoms. The van der Waals surface area contributed by atoms with Crippen molar-refractivity contribution in [1.82, 2.24) is 19.7 Å². The third kappa shape index (κ3) is 5.92. The number of carboxylic acids is 1. The van der Waals surface area contributed by atoms with Gasteiger partial charge in [-0.3, -0.25) is 4.79 Å². The lowest BCUT2D eigenvalue weighted by molar-refractivity contribution is -0.198. The number of hydrogen-bond donors (Lipinski definition) is 3. The number of nitrogens with two attached hydrogens (primary N) is 2. The molecular formula is C26H25F3N6O3.